The number of hydrogen-bond donors (Lipinski definition) is 1. The molecule has 2 heterocycles. The van der Waals surface area contributed by atoms with E-state index >= 15 is 0 Å². The van der Waals surface area contributed by atoms with Gasteiger partial charge in [-0.05, 0) is 39.0 Å². The lowest BCUT2D eigenvalue weighted by atomic mass is 10.1. The van der Waals surface area contributed by atoms with Crippen molar-refractivity contribution in [2.75, 3.05) is 23.4 Å². The van der Waals surface area contributed by atoms with Crippen molar-refractivity contribution in [1.82, 2.24) is 0 Å². The first kappa shape index (κ1) is 19.1. The molecule has 7 heteroatoms. The Morgan fingerprint density at radius 2 is 2.00 bits per heavy atom. The molecule has 0 aromatic heterocycles. The number of ether oxygens (including phenoxy) is 3. The van der Waals surface area contributed by atoms with Crippen molar-refractivity contribution in [3.05, 3.63) is 42.0 Å². The highest BCUT2D eigenvalue weighted by molar-refractivity contribution is 6.06. The van der Waals surface area contributed by atoms with Gasteiger partial charge >= 0.3 is 0 Å². The van der Waals surface area contributed by atoms with E-state index in [1.165, 1.54) is 4.90 Å². The monoisotopic (exact) mass is 396 g/mol. The van der Waals surface area contributed by atoms with Gasteiger partial charge in [0.05, 0.1) is 18.0 Å². The van der Waals surface area contributed by atoms with Crippen molar-refractivity contribution in [1.29, 1.82) is 0 Å². The van der Waals surface area contributed by atoms with Crippen LogP contribution in [0.25, 0.3) is 0 Å². The van der Waals surface area contributed by atoms with Gasteiger partial charge in [0.2, 0.25) is 5.91 Å². The number of amides is 2. The first-order chi connectivity index (χ1) is 14.0. The Hall–Kier alpha value is -3.22. The molecule has 1 N–H and O–H groups in total. The molecule has 152 valence electrons. The minimum absolute atomic E-state index is 0.0920. The van der Waals surface area contributed by atoms with E-state index in [1.54, 1.807) is 25.1 Å². The van der Waals surface area contributed by atoms with Crippen molar-refractivity contribution < 1.29 is 23.8 Å². The van der Waals surface area contributed by atoms with E-state index in [0.717, 1.165) is 17.7 Å². The largest absolute Gasteiger partial charge is 0.492 e. The fourth-order valence-corrected chi connectivity index (χ4v) is 3.67. The normalized spacial score (nSPS) is 19.7. The fourth-order valence-electron chi connectivity index (χ4n) is 3.67. The molecule has 2 amide bonds. The number of benzene rings is 2. The van der Waals surface area contributed by atoms with Gasteiger partial charge in [0.25, 0.3) is 5.91 Å². The van der Waals surface area contributed by atoms with Crippen molar-refractivity contribution in [3.8, 4) is 17.2 Å². The molecular weight excluding hydrogens is 372 g/mol. The van der Waals surface area contributed by atoms with Crippen molar-refractivity contribution in [2.45, 2.75) is 39.4 Å². The summed E-state index contributed by atoms with van der Waals surface area (Å²) in [6, 6.07) is 10.9. The SMILES string of the molecule is CCOc1cc2c(cc1NC(=O)CN1C(=O)[C@H](C)Oc3ccccc31)O[C@@H](C)C2. The van der Waals surface area contributed by atoms with Crippen LogP contribution in [0.4, 0.5) is 11.4 Å². The fraction of sp³-hybridized carbons (Fsp3) is 0.364. The van der Waals surface area contributed by atoms with E-state index < -0.39 is 6.10 Å². The van der Waals surface area contributed by atoms with Gasteiger partial charge in [0.15, 0.2) is 6.10 Å². The average Bonchev–Trinajstić information content (AvgIpc) is 3.04. The zero-order valence-corrected chi connectivity index (χ0v) is 16.7. The highest BCUT2D eigenvalue weighted by atomic mass is 16.5. The van der Waals surface area contributed by atoms with E-state index in [9.17, 15) is 9.59 Å². The number of carbonyl (C=O) groups is 2. The molecule has 0 saturated carbocycles. The molecule has 2 aliphatic rings. The highest BCUT2D eigenvalue weighted by Gasteiger charge is 2.32. The van der Waals surface area contributed by atoms with Gasteiger partial charge in [-0.1, -0.05) is 12.1 Å². The summed E-state index contributed by atoms with van der Waals surface area (Å²) in [5, 5.41) is 2.87. The standard InChI is InChI=1S/C22H24N2O5/c1-4-27-20-10-15-9-13(2)28-19(15)11-16(20)23-21(25)12-24-17-7-5-6-8-18(17)29-14(3)22(24)26/h5-8,10-11,13-14H,4,9,12H2,1-3H3,(H,23,25)/t13-,14-/m0/s1. The summed E-state index contributed by atoms with van der Waals surface area (Å²) in [7, 11) is 0. The van der Waals surface area contributed by atoms with Crippen LogP contribution in [-0.4, -0.2) is 37.2 Å². The summed E-state index contributed by atoms with van der Waals surface area (Å²) in [5.41, 5.74) is 2.18. The molecule has 0 unspecified atom stereocenters. The average molecular weight is 396 g/mol. The Labute approximate surface area is 169 Å². The molecule has 0 radical (unpaired) electrons. The molecule has 2 aliphatic heterocycles. The predicted octanol–water partition coefficient (Wildman–Crippen LogP) is 3.16. The molecule has 29 heavy (non-hydrogen) atoms. The third-order valence-corrected chi connectivity index (χ3v) is 4.95. The van der Waals surface area contributed by atoms with Crippen LogP contribution in [0.2, 0.25) is 0 Å². The Morgan fingerprint density at radius 1 is 1.21 bits per heavy atom. The van der Waals surface area contributed by atoms with Crippen LogP contribution >= 0.6 is 0 Å². The molecule has 2 aromatic rings. The van der Waals surface area contributed by atoms with E-state index in [2.05, 4.69) is 5.32 Å². The summed E-state index contributed by atoms with van der Waals surface area (Å²) in [4.78, 5) is 26.9. The minimum atomic E-state index is -0.647. The lowest BCUT2D eigenvalue weighted by molar-refractivity contribution is -0.127. The van der Waals surface area contributed by atoms with Crippen LogP contribution in [0.15, 0.2) is 36.4 Å². The third-order valence-electron chi connectivity index (χ3n) is 4.95. The lowest BCUT2D eigenvalue weighted by Crippen LogP contribution is -2.47. The number of anilines is 2. The summed E-state index contributed by atoms with van der Waals surface area (Å²) in [5.74, 6) is 1.35. The van der Waals surface area contributed by atoms with Gasteiger partial charge in [0, 0.05) is 18.1 Å². The predicted molar refractivity (Wildman–Crippen MR) is 109 cm³/mol. The van der Waals surface area contributed by atoms with Crippen LogP contribution in [0, 0.1) is 0 Å². The van der Waals surface area contributed by atoms with Gasteiger partial charge in [-0.3, -0.25) is 14.5 Å². The van der Waals surface area contributed by atoms with E-state index in [4.69, 9.17) is 14.2 Å². The smallest absolute Gasteiger partial charge is 0.268 e. The quantitative estimate of drug-likeness (QED) is 0.840. The van der Waals surface area contributed by atoms with Crippen LogP contribution in [0.1, 0.15) is 26.3 Å². The van der Waals surface area contributed by atoms with Crippen molar-refractivity contribution in [3.63, 3.8) is 0 Å². The number of para-hydroxylation sites is 2. The molecule has 7 nitrogen and oxygen atoms in total. The number of fused-ring (bicyclic) bond motifs is 2. The molecule has 0 saturated heterocycles. The van der Waals surface area contributed by atoms with E-state index in [0.29, 0.717) is 29.5 Å². The first-order valence-corrected chi connectivity index (χ1v) is 9.79. The Kier molecular flexibility index (Phi) is 5.05. The van der Waals surface area contributed by atoms with Gasteiger partial charge in [-0.2, -0.15) is 0 Å². The second-order valence-corrected chi connectivity index (χ2v) is 7.22. The van der Waals surface area contributed by atoms with Crippen molar-refractivity contribution >= 4 is 23.2 Å². The molecular formula is C22H24N2O5. The van der Waals surface area contributed by atoms with Gasteiger partial charge in [-0.25, -0.2) is 0 Å². The first-order valence-electron chi connectivity index (χ1n) is 9.79. The van der Waals surface area contributed by atoms with Crippen molar-refractivity contribution in [2.24, 2.45) is 0 Å². The second-order valence-electron chi connectivity index (χ2n) is 7.22. The lowest BCUT2D eigenvalue weighted by Gasteiger charge is -2.32. The summed E-state index contributed by atoms with van der Waals surface area (Å²) >= 11 is 0. The van der Waals surface area contributed by atoms with E-state index in [-0.39, 0.29) is 24.5 Å². The van der Waals surface area contributed by atoms with Crippen LogP contribution in [0.3, 0.4) is 0 Å². The van der Waals surface area contributed by atoms with Gasteiger partial charge in [-0.15, -0.1) is 0 Å². The molecule has 0 aliphatic carbocycles. The highest BCUT2D eigenvalue weighted by Crippen LogP contribution is 2.38. The number of nitrogens with one attached hydrogen (secondary N) is 1. The Balaban J connectivity index is 1.56. The topological polar surface area (TPSA) is 77.1 Å². The van der Waals surface area contributed by atoms with E-state index in [1.807, 2.05) is 32.0 Å². The number of nitrogens with zero attached hydrogens (tertiary/aromatic N) is 1. The van der Waals surface area contributed by atoms with Gasteiger partial charge < -0.3 is 19.5 Å². The van der Waals surface area contributed by atoms with Crippen LogP contribution in [0.5, 0.6) is 17.2 Å². The maximum absolute atomic E-state index is 12.8. The van der Waals surface area contributed by atoms with Crippen LogP contribution < -0.4 is 24.4 Å². The summed E-state index contributed by atoms with van der Waals surface area (Å²) in [6.07, 6.45) is 0.251. The zero-order valence-electron chi connectivity index (χ0n) is 16.7. The number of rotatable bonds is 5. The Bertz CT molecular complexity index is 958. The molecule has 0 spiro atoms. The summed E-state index contributed by atoms with van der Waals surface area (Å²) in [6.45, 7) is 5.92. The second kappa shape index (κ2) is 7.66. The minimum Gasteiger partial charge on any atom is -0.492 e. The molecule has 2 atom stereocenters. The number of carbonyl (C=O) groups excluding carboxylic acids is 2. The Morgan fingerprint density at radius 3 is 2.79 bits per heavy atom. The van der Waals surface area contributed by atoms with Gasteiger partial charge in [0.1, 0.15) is 29.9 Å². The third kappa shape index (κ3) is 3.72. The molecule has 0 bridgehead atoms. The molecule has 4 rings (SSSR count). The maximum Gasteiger partial charge on any atom is 0.268 e. The van der Waals surface area contributed by atoms with Crippen LogP contribution in [-0.2, 0) is 16.0 Å². The summed E-state index contributed by atoms with van der Waals surface area (Å²) < 4.78 is 17.1. The number of hydrogen-bond acceptors (Lipinski definition) is 5. The molecule has 0 fully saturated rings. The molecule has 2 aromatic carbocycles. The maximum atomic E-state index is 12.8. The zero-order chi connectivity index (χ0) is 20.5.